The number of hydrogen-bond donors (Lipinski definition) is 2. The highest BCUT2D eigenvalue weighted by Gasteiger charge is 2.42. The molecule has 0 saturated carbocycles. The fraction of sp³-hybridized carbons (Fsp3) is 0.889. The average Bonchev–Trinajstić information content (AvgIpc) is 2.32. The Bertz CT molecular complexity index is 181. The quantitative estimate of drug-likeness (QED) is 0.668. The molecule has 1 aliphatic heterocycles. The van der Waals surface area contributed by atoms with Gasteiger partial charge in [0.25, 0.3) is 0 Å². The first-order valence-electron chi connectivity index (χ1n) is 4.53. The number of carboxylic acids is 1. The van der Waals surface area contributed by atoms with Crippen LogP contribution in [-0.2, 0) is 4.79 Å². The summed E-state index contributed by atoms with van der Waals surface area (Å²) in [7, 11) is 0. The van der Waals surface area contributed by atoms with E-state index in [0.717, 1.165) is 19.4 Å². The molecule has 1 aliphatic rings. The van der Waals surface area contributed by atoms with Gasteiger partial charge in [0, 0.05) is 13.1 Å². The Morgan fingerprint density at radius 3 is 2.92 bits per heavy atom. The summed E-state index contributed by atoms with van der Waals surface area (Å²) in [6, 6.07) is 0. The van der Waals surface area contributed by atoms with Gasteiger partial charge in [0.15, 0.2) is 0 Å². The van der Waals surface area contributed by atoms with Crippen LogP contribution in [0.1, 0.15) is 26.7 Å². The van der Waals surface area contributed by atoms with Gasteiger partial charge in [0.2, 0.25) is 0 Å². The Kier molecular flexibility index (Phi) is 2.73. The first-order chi connectivity index (χ1) is 5.60. The second-order valence-corrected chi connectivity index (χ2v) is 3.93. The van der Waals surface area contributed by atoms with Crippen LogP contribution in [0.15, 0.2) is 0 Å². The third-order valence-corrected chi connectivity index (χ3v) is 2.84. The molecule has 0 aromatic rings. The largest absolute Gasteiger partial charge is 0.481 e. The van der Waals surface area contributed by atoms with Crippen molar-refractivity contribution in [3.8, 4) is 0 Å². The fourth-order valence-electron chi connectivity index (χ4n) is 2.09. The number of nitrogens with one attached hydrogen (secondary N) is 1. The first-order valence-corrected chi connectivity index (χ1v) is 4.53. The zero-order valence-corrected chi connectivity index (χ0v) is 7.76. The molecular formula is C9H17NO2. The van der Waals surface area contributed by atoms with Crippen LogP contribution < -0.4 is 5.32 Å². The highest BCUT2D eigenvalue weighted by molar-refractivity contribution is 5.71. The van der Waals surface area contributed by atoms with Gasteiger partial charge < -0.3 is 10.4 Å². The lowest BCUT2D eigenvalue weighted by Crippen LogP contribution is -2.31. The van der Waals surface area contributed by atoms with Crippen molar-refractivity contribution in [2.24, 2.45) is 11.3 Å². The lowest BCUT2D eigenvalue weighted by molar-refractivity contribution is -0.144. The zero-order valence-electron chi connectivity index (χ0n) is 7.76. The molecule has 70 valence electrons. The molecule has 3 nitrogen and oxygen atoms in total. The number of carboxylic acid groups (broad SMARTS) is 1. The van der Waals surface area contributed by atoms with Crippen molar-refractivity contribution >= 4 is 5.97 Å². The molecule has 1 saturated heterocycles. The van der Waals surface area contributed by atoms with Crippen LogP contribution >= 0.6 is 0 Å². The molecule has 12 heavy (non-hydrogen) atoms. The molecule has 0 aliphatic carbocycles. The van der Waals surface area contributed by atoms with Gasteiger partial charge in [-0.25, -0.2) is 0 Å². The average molecular weight is 171 g/mol. The second kappa shape index (κ2) is 3.44. The first kappa shape index (κ1) is 9.52. The van der Waals surface area contributed by atoms with Crippen molar-refractivity contribution in [3.05, 3.63) is 0 Å². The highest BCUT2D eigenvalue weighted by atomic mass is 16.4. The molecule has 0 spiro atoms. The summed E-state index contributed by atoms with van der Waals surface area (Å²) in [5.41, 5.74) is -0.0272. The van der Waals surface area contributed by atoms with E-state index in [9.17, 15) is 4.79 Å². The molecule has 1 fully saturated rings. The monoisotopic (exact) mass is 171 g/mol. The van der Waals surface area contributed by atoms with E-state index in [4.69, 9.17) is 5.11 Å². The summed E-state index contributed by atoms with van der Waals surface area (Å²) in [4.78, 5) is 10.9. The Morgan fingerprint density at radius 2 is 2.42 bits per heavy atom. The SMILES string of the molecule is CCC[C@]1(C)CNC[C@H]1C(=O)O. The molecule has 0 aromatic carbocycles. The number of rotatable bonds is 3. The van der Waals surface area contributed by atoms with E-state index < -0.39 is 5.97 Å². The van der Waals surface area contributed by atoms with E-state index in [-0.39, 0.29) is 11.3 Å². The van der Waals surface area contributed by atoms with Gasteiger partial charge in [0.1, 0.15) is 0 Å². The van der Waals surface area contributed by atoms with Gasteiger partial charge in [-0.15, -0.1) is 0 Å². The minimum Gasteiger partial charge on any atom is -0.481 e. The van der Waals surface area contributed by atoms with E-state index >= 15 is 0 Å². The lowest BCUT2D eigenvalue weighted by Gasteiger charge is -2.27. The van der Waals surface area contributed by atoms with E-state index in [1.807, 2.05) is 0 Å². The summed E-state index contributed by atoms with van der Waals surface area (Å²) < 4.78 is 0. The van der Waals surface area contributed by atoms with Crippen molar-refractivity contribution < 1.29 is 9.90 Å². The molecule has 2 atom stereocenters. The summed E-state index contributed by atoms with van der Waals surface area (Å²) in [6.07, 6.45) is 2.05. The van der Waals surface area contributed by atoms with Gasteiger partial charge >= 0.3 is 5.97 Å². The molecule has 1 rings (SSSR count). The predicted molar refractivity (Wildman–Crippen MR) is 47.0 cm³/mol. The van der Waals surface area contributed by atoms with Gasteiger partial charge in [-0.3, -0.25) is 4.79 Å². The van der Waals surface area contributed by atoms with Crippen molar-refractivity contribution in [3.63, 3.8) is 0 Å². The van der Waals surface area contributed by atoms with Crippen LogP contribution in [0.25, 0.3) is 0 Å². The van der Waals surface area contributed by atoms with E-state index in [1.54, 1.807) is 0 Å². The smallest absolute Gasteiger partial charge is 0.308 e. The highest BCUT2D eigenvalue weighted by Crippen LogP contribution is 2.35. The summed E-state index contributed by atoms with van der Waals surface area (Å²) in [5, 5.41) is 12.1. The van der Waals surface area contributed by atoms with Crippen molar-refractivity contribution in [1.82, 2.24) is 5.32 Å². The van der Waals surface area contributed by atoms with E-state index in [1.165, 1.54) is 0 Å². The molecule has 0 unspecified atom stereocenters. The minimum absolute atomic E-state index is 0.0272. The standard InChI is InChI=1S/C9H17NO2/c1-3-4-9(2)6-10-5-7(9)8(11)12/h7,10H,3-6H2,1-2H3,(H,11,12)/t7-,9+/m0/s1. The number of aliphatic carboxylic acids is 1. The second-order valence-electron chi connectivity index (χ2n) is 3.93. The fourth-order valence-corrected chi connectivity index (χ4v) is 2.09. The van der Waals surface area contributed by atoms with Crippen LogP contribution in [0.4, 0.5) is 0 Å². The maximum absolute atomic E-state index is 10.9. The molecule has 1 heterocycles. The topological polar surface area (TPSA) is 49.3 Å². The molecular weight excluding hydrogens is 154 g/mol. The Balaban J connectivity index is 2.67. The molecule has 0 bridgehead atoms. The van der Waals surface area contributed by atoms with Crippen LogP contribution in [0.3, 0.4) is 0 Å². The van der Waals surface area contributed by atoms with Crippen molar-refractivity contribution in [2.45, 2.75) is 26.7 Å². The van der Waals surface area contributed by atoms with Crippen LogP contribution in [0, 0.1) is 11.3 Å². The maximum atomic E-state index is 10.9. The zero-order chi connectivity index (χ0) is 9.19. The van der Waals surface area contributed by atoms with Gasteiger partial charge in [0.05, 0.1) is 5.92 Å². The maximum Gasteiger partial charge on any atom is 0.308 e. The van der Waals surface area contributed by atoms with Gasteiger partial charge in [-0.1, -0.05) is 20.3 Å². The molecule has 2 N–H and O–H groups in total. The normalized spacial score (nSPS) is 35.3. The van der Waals surface area contributed by atoms with Crippen molar-refractivity contribution in [2.75, 3.05) is 13.1 Å². The summed E-state index contributed by atoms with van der Waals surface area (Å²) in [5.74, 6) is -0.853. The summed E-state index contributed by atoms with van der Waals surface area (Å²) >= 11 is 0. The Hall–Kier alpha value is -0.570. The number of hydrogen-bond acceptors (Lipinski definition) is 2. The van der Waals surface area contributed by atoms with Crippen molar-refractivity contribution in [1.29, 1.82) is 0 Å². The predicted octanol–water partition coefficient (Wildman–Crippen LogP) is 1.10. The lowest BCUT2D eigenvalue weighted by atomic mass is 9.76. The molecule has 0 amide bonds. The van der Waals surface area contributed by atoms with E-state index in [0.29, 0.717) is 6.54 Å². The third kappa shape index (κ3) is 1.61. The van der Waals surface area contributed by atoms with Crippen LogP contribution in [0.2, 0.25) is 0 Å². The van der Waals surface area contributed by atoms with Crippen LogP contribution in [-0.4, -0.2) is 24.2 Å². The minimum atomic E-state index is -0.657. The Labute approximate surface area is 73.2 Å². The molecule has 3 heteroatoms. The van der Waals surface area contributed by atoms with Gasteiger partial charge in [-0.2, -0.15) is 0 Å². The Morgan fingerprint density at radius 1 is 1.75 bits per heavy atom. The van der Waals surface area contributed by atoms with E-state index in [2.05, 4.69) is 19.2 Å². The number of carbonyl (C=O) groups is 1. The third-order valence-electron chi connectivity index (χ3n) is 2.84. The van der Waals surface area contributed by atoms with Gasteiger partial charge in [-0.05, 0) is 11.8 Å². The molecule has 0 aromatic heterocycles. The van der Waals surface area contributed by atoms with Crippen LogP contribution in [0.5, 0.6) is 0 Å². The summed E-state index contributed by atoms with van der Waals surface area (Å²) in [6.45, 7) is 5.64. The molecule has 0 radical (unpaired) electrons.